The van der Waals surface area contributed by atoms with Gasteiger partial charge in [0, 0.05) is 23.0 Å². The number of ether oxygens (including phenoxy) is 1. The van der Waals surface area contributed by atoms with E-state index in [1.807, 2.05) is 0 Å². The van der Waals surface area contributed by atoms with E-state index in [0.29, 0.717) is 21.2 Å². The van der Waals surface area contributed by atoms with E-state index in [9.17, 15) is 18.8 Å². The Morgan fingerprint density at radius 1 is 1.19 bits per heavy atom. The molecule has 2 aromatic heterocycles. The van der Waals surface area contributed by atoms with Gasteiger partial charge in [0.05, 0.1) is 12.7 Å². The van der Waals surface area contributed by atoms with Gasteiger partial charge in [0.25, 0.3) is 0 Å². The summed E-state index contributed by atoms with van der Waals surface area (Å²) in [4.78, 5) is 41.4. The Labute approximate surface area is 184 Å². The lowest BCUT2D eigenvalue weighted by Gasteiger charge is -2.05. The number of carbonyl (C=O) groups is 2. The van der Waals surface area contributed by atoms with E-state index in [2.05, 4.69) is 20.1 Å². The summed E-state index contributed by atoms with van der Waals surface area (Å²) in [5, 5.41) is 7.27. The van der Waals surface area contributed by atoms with E-state index < -0.39 is 17.6 Å². The molecule has 2 heterocycles. The highest BCUT2D eigenvalue weighted by atomic mass is 32.2. The zero-order valence-corrected chi connectivity index (χ0v) is 17.5. The standard InChI is InChI=1S/C21H16FN5O4S/c1-31-20(29)13-5-7-15(8-6-13)24-17(28)12-27-21(30)26-10-9-23-19(18(26)25-27)32-16-4-2-3-14(22)11-16/h2-11H,12H2,1H3,(H,24,28). The fourth-order valence-corrected chi connectivity index (χ4v) is 3.77. The molecule has 0 atom stereocenters. The van der Waals surface area contributed by atoms with Crippen LogP contribution in [0.3, 0.4) is 0 Å². The van der Waals surface area contributed by atoms with Crippen molar-refractivity contribution in [1.29, 1.82) is 0 Å². The fourth-order valence-electron chi connectivity index (χ4n) is 2.89. The van der Waals surface area contributed by atoms with Crippen molar-refractivity contribution in [3.05, 3.63) is 82.8 Å². The number of amides is 1. The average molecular weight is 453 g/mol. The topological polar surface area (TPSA) is 108 Å². The summed E-state index contributed by atoms with van der Waals surface area (Å²) in [5.41, 5.74) is 0.531. The number of esters is 1. The SMILES string of the molecule is COC(=O)c1ccc(NC(=O)Cn2nc3c(Sc4cccc(F)c4)nccn3c2=O)cc1. The second kappa shape index (κ2) is 9.02. The number of benzene rings is 2. The van der Waals surface area contributed by atoms with Crippen LogP contribution in [0.4, 0.5) is 10.1 Å². The molecule has 0 saturated heterocycles. The summed E-state index contributed by atoms with van der Waals surface area (Å²) in [6.07, 6.45) is 2.88. The summed E-state index contributed by atoms with van der Waals surface area (Å²) in [7, 11) is 1.28. The van der Waals surface area contributed by atoms with Crippen molar-refractivity contribution in [2.45, 2.75) is 16.5 Å². The number of hydrogen-bond donors (Lipinski definition) is 1. The van der Waals surface area contributed by atoms with Gasteiger partial charge in [-0.15, -0.1) is 5.10 Å². The largest absolute Gasteiger partial charge is 0.465 e. The molecule has 9 nitrogen and oxygen atoms in total. The third-order valence-corrected chi connectivity index (χ3v) is 5.33. The lowest BCUT2D eigenvalue weighted by atomic mass is 10.2. The quantitative estimate of drug-likeness (QED) is 0.447. The molecule has 0 radical (unpaired) electrons. The highest BCUT2D eigenvalue weighted by Crippen LogP contribution is 2.28. The number of aromatic nitrogens is 4. The Morgan fingerprint density at radius 3 is 2.69 bits per heavy atom. The molecule has 4 aromatic rings. The highest BCUT2D eigenvalue weighted by molar-refractivity contribution is 7.99. The molecule has 1 N–H and O–H groups in total. The van der Waals surface area contributed by atoms with E-state index >= 15 is 0 Å². The molecule has 0 aliphatic carbocycles. The van der Waals surface area contributed by atoms with E-state index in [1.54, 1.807) is 24.3 Å². The minimum absolute atomic E-state index is 0.252. The van der Waals surface area contributed by atoms with Gasteiger partial charge in [-0.05, 0) is 42.5 Å². The van der Waals surface area contributed by atoms with Crippen LogP contribution in [-0.4, -0.2) is 38.2 Å². The Kier molecular flexibility index (Phi) is 5.99. The van der Waals surface area contributed by atoms with Crippen molar-refractivity contribution < 1.29 is 18.7 Å². The maximum Gasteiger partial charge on any atom is 0.350 e. The van der Waals surface area contributed by atoms with Gasteiger partial charge in [-0.25, -0.2) is 28.0 Å². The number of methoxy groups -OCH3 is 1. The van der Waals surface area contributed by atoms with Gasteiger partial charge in [0.2, 0.25) is 5.91 Å². The minimum atomic E-state index is -0.514. The number of hydrogen-bond acceptors (Lipinski definition) is 7. The molecule has 0 bridgehead atoms. The zero-order valence-electron chi connectivity index (χ0n) is 16.7. The molecule has 11 heteroatoms. The number of halogens is 1. The molecule has 32 heavy (non-hydrogen) atoms. The third-order valence-electron chi connectivity index (χ3n) is 4.36. The second-order valence-electron chi connectivity index (χ2n) is 6.54. The number of rotatable bonds is 6. The number of fused-ring (bicyclic) bond motifs is 1. The summed E-state index contributed by atoms with van der Waals surface area (Å²) >= 11 is 1.16. The van der Waals surface area contributed by atoms with Crippen LogP contribution in [0.2, 0.25) is 0 Å². The molecule has 0 spiro atoms. The van der Waals surface area contributed by atoms with Crippen LogP contribution in [0.1, 0.15) is 10.4 Å². The van der Waals surface area contributed by atoms with Crippen molar-refractivity contribution >= 4 is 35.0 Å². The first kappa shape index (κ1) is 21.2. The van der Waals surface area contributed by atoms with Crippen LogP contribution in [0.5, 0.6) is 0 Å². The monoisotopic (exact) mass is 453 g/mol. The van der Waals surface area contributed by atoms with E-state index in [1.165, 1.54) is 48.2 Å². The lowest BCUT2D eigenvalue weighted by Crippen LogP contribution is -2.28. The van der Waals surface area contributed by atoms with Gasteiger partial charge in [0.1, 0.15) is 17.4 Å². The first-order chi connectivity index (χ1) is 15.4. The summed E-state index contributed by atoms with van der Waals surface area (Å²) in [6.45, 7) is -0.330. The zero-order chi connectivity index (χ0) is 22.7. The normalized spacial score (nSPS) is 10.8. The molecule has 4 rings (SSSR count). The first-order valence-electron chi connectivity index (χ1n) is 9.30. The molecule has 0 aliphatic rings. The number of anilines is 1. The van der Waals surface area contributed by atoms with Crippen LogP contribution in [0.25, 0.3) is 5.65 Å². The van der Waals surface area contributed by atoms with Crippen molar-refractivity contribution in [2.24, 2.45) is 0 Å². The predicted molar refractivity (Wildman–Crippen MR) is 114 cm³/mol. The highest BCUT2D eigenvalue weighted by Gasteiger charge is 2.15. The molecule has 1 amide bonds. The van der Waals surface area contributed by atoms with Gasteiger partial charge < -0.3 is 10.1 Å². The maximum atomic E-state index is 13.5. The molecule has 162 valence electrons. The Balaban J connectivity index is 1.53. The van der Waals surface area contributed by atoms with E-state index in [0.717, 1.165) is 16.4 Å². The van der Waals surface area contributed by atoms with Crippen molar-refractivity contribution in [1.82, 2.24) is 19.2 Å². The van der Waals surface area contributed by atoms with Crippen molar-refractivity contribution in [3.8, 4) is 0 Å². The van der Waals surface area contributed by atoms with E-state index in [-0.39, 0.29) is 18.0 Å². The van der Waals surface area contributed by atoms with Gasteiger partial charge in [-0.2, -0.15) is 0 Å². The van der Waals surface area contributed by atoms with E-state index in [4.69, 9.17) is 0 Å². The van der Waals surface area contributed by atoms with Crippen molar-refractivity contribution in [3.63, 3.8) is 0 Å². The number of nitrogens with zero attached hydrogens (tertiary/aromatic N) is 4. The lowest BCUT2D eigenvalue weighted by molar-refractivity contribution is -0.117. The Morgan fingerprint density at radius 2 is 1.97 bits per heavy atom. The van der Waals surface area contributed by atoms with Crippen molar-refractivity contribution in [2.75, 3.05) is 12.4 Å². The van der Waals surface area contributed by atoms with Crippen LogP contribution in [-0.2, 0) is 16.1 Å². The van der Waals surface area contributed by atoms with Gasteiger partial charge in [0.15, 0.2) is 5.65 Å². The van der Waals surface area contributed by atoms with Gasteiger partial charge in [-0.1, -0.05) is 17.8 Å². The van der Waals surface area contributed by atoms with Crippen LogP contribution in [0, 0.1) is 5.82 Å². The number of nitrogens with one attached hydrogen (secondary N) is 1. The van der Waals surface area contributed by atoms with Gasteiger partial charge in [-0.3, -0.25) is 4.79 Å². The number of carbonyl (C=O) groups excluding carboxylic acids is 2. The second-order valence-corrected chi connectivity index (χ2v) is 7.60. The Bertz CT molecular complexity index is 1370. The smallest absolute Gasteiger partial charge is 0.350 e. The fraction of sp³-hybridized carbons (Fsp3) is 0.0952. The first-order valence-corrected chi connectivity index (χ1v) is 10.1. The van der Waals surface area contributed by atoms with Crippen LogP contribution in [0.15, 0.2) is 75.6 Å². The summed E-state index contributed by atoms with van der Waals surface area (Å²) < 4.78 is 20.4. The molecule has 0 fully saturated rings. The summed E-state index contributed by atoms with van der Waals surface area (Å²) in [6, 6.07) is 12.1. The molecule has 0 unspecified atom stereocenters. The van der Waals surface area contributed by atoms with Crippen LogP contribution < -0.4 is 11.0 Å². The third kappa shape index (κ3) is 4.52. The van der Waals surface area contributed by atoms with Crippen LogP contribution >= 0.6 is 11.8 Å². The molecule has 2 aromatic carbocycles. The molecule has 0 aliphatic heterocycles. The molecular weight excluding hydrogens is 437 g/mol. The minimum Gasteiger partial charge on any atom is -0.465 e. The van der Waals surface area contributed by atoms with Gasteiger partial charge >= 0.3 is 11.7 Å². The maximum absolute atomic E-state index is 13.5. The average Bonchev–Trinajstić information content (AvgIpc) is 3.10. The predicted octanol–water partition coefficient (Wildman–Crippen LogP) is 2.61. The summed E-state index contributed by atoms with van der Waals surface area (Å²) in [5.74, 6) is -1.35. The molecular formula is C21H16FN5O4S. The Hall–Kier alpha value is -3.99. The molecule has 0 saturated carbocycles.